The minimum absolute atomic E-state index is 0.152. The average Bonchev–Trinajstić information content (AvgIpc) is 3.40. The molecule has 0 N–H and O–H groups in total. The molecule has 0 atom stereocenters. The quantitative estimate of drug-likeness (QED) is 0.205. The fraction of sp³-hybridized carbons (Fsp3) is 0.226. The molecule has 2 amide bonds. The van der Waals surface area contributed by atoms with Crippen LogP contribution >= 0.6 is 0 Å². The predicted molar refractivity (Wildman–Crippen MR) is 161 cm³/mol. The van der Waals surface area contributed by atoms with Crippen molar-refractivity contribution in [2.24, 2.45) is 0 Å². The van der Waals surface area contributed by atoms with Crippen LogP contribution in [-0.4, -0.2) is 76.4 Å². The number of piperazine rings is 1. The van der Waals surface area contributed by atoms with Gasteiger partial charge in [0.15, 0.2) is 0 Å². The number of nitro groups is 2. The second-order valence-corrected chi connectivity index (χ2v) is 10.1. The van der Waals surface area contributed by atoms with Gasteiger partial charge in [0, 0.05) is 55.8 Å². The van der Waals surface area contributed by atoms with Gasteiger partial charge in [-0.15, -0.1) is 0 Å². The normalized spacial score (nSPS) is 13.0. The van der Waals surface area contributed by atoms with E-state index < -0.39 is 27.1 Å². The molecule has 5 rings (SSSR count). The minimum Gasteiger partial charge on any atom is -0.497 e. The van der Waals surface area contributed by atoms with Crippen molar-refractivity contribution < 1.29 is 28.9 Å². The van der Waals surface area contributed by atoms with Gasteiger partial charge in [-0.25, -0.2) is 0 Å². The molecule has 1 fully saturated rings. The van der Waals surface area contributed by atoms with Gasteiger partial charge in [0.05, 0.1) is 47.0 Å². The van der Waals surface area contributed by atoms with E-state index in [4.69, 9.17) is 9.47 Å². The molecule has 13 heteroatoms. The number of non-ortho nitro benzene ring substituents is 2. The molecule has 0 spiro atoms. The van der Waals surface area contributed by atoms with Gasteiger partial charge in [-0.3, -0.25) is 29.8 Å². The van der Waals surface area contributed by atoms with Gasteiger partial charge in [0.25, 0.3) is 23.2 Å². The Kier molecular flexibility index (Phi) is 8.29. The topological polar surface area (TPSA) is 150 Å². The van der Waals surface area contributed by atoms with Crippen LogP contribution in [-0.2, 0) is 0 Å². The Morgan fingerprint density at radius 1 is 0.727 bits per heavy atom. The summed E-state index contributed by atoms with van der Waals surface area (Å²) >= 11 is 0. The van der Waals surface area contributed by atoms with Gasteiger partial charge < -0.3 is 23.8 Å². The Morgan fingerprint density at radius 2 is 1.30 bits per heavy atom. The summed E-state index contributed by atoms with van der Waals surface area (Å²) in [6.45, 7) is 2.60. The van der Waals surface area contributed by atoms with E-state index in [1.165, 1.54) is 4.90 Å². The highest BCUT2D eigenvalue weighted by molar-refractivity contribution is 5.98. The first kappa shape index (κ1) is 29.8. The third-order valence-corrected chi connectivity index (χ3v) is 7.60. The molecule has 4 aromatic rings. The standard InChI is InChI=1S/C31H29N5O8/c1-20-28(19-29(21-7-9-26(43-2)10-8-21)34(20)23-5-4-6-27(18-23)44-3)31(38)33-13-11-32(12-14-33)30(37)22-15-24(35(39)40)17-25(16-22)36(41)42/h4-10,15-19H,11-14H2,1-3H3. The monoisotopic (exact) mass is 599 g/mol. The summed E-state index contributed by atoms with van der Waals surface area (Å²) in [6, 6.07) is 19.8. The Morgan fingerprint density at radius 3 is 1.84 bits per heavy atom. The number of ether oxygens (including phenoxy) is 2. The maximum atomic E-state index is 13.9. The van der Waals surface area contributed by atoms with Crippen molar-refractivity contribution in [3.8, 4) is 28.4 Å². The highest BCUT2D eigenvalue weighted by Gasteiger charge is 2.30. The number of hydrogen-bond acceptors (Lipinski definition) is 8. The number of nitro benzene ring substituents is 2. The predicted octanol–water partition coefficient (Wildman–Crippen LogP) is 4.88. The van der Waals surface area contributed by atoms with Crippen LogP contribution in [0.3, 0.4) is 0 Å². The molecule has 1 aliphatic heterocycles. The molecule has 0 bridgehead atoms. The van der Waals surface area contributed by atoms with Crippen LogP contribution < -0.4 is 9.47 Å². The van der Waals surface area contributed by atoms with Crippen molar-refractivity contribution in [2.75, 3.05) is 40.4 Å². The highest BCUT2D eigenvalue weighted by Crippen LogP contribution is 2.33. The van der Waals surface area contributed by atoms with Crippen molar-refractivity contribution >= 4 is 23.2 Å². The SMILES string of the molecule is COc1ccc(-c2cc(C(=O)N3CCN(C(=O)c4cc([N+](=O)[O-])cc([N+](=O)[O-])c4)CC3)c(C)n2-c2cccc(OC)c2)cc1. The lowest BCUT2D eigenvalue weighted by molar-refractivity contribution is -0.394. The zero-order valence-corrected chi connectivity index (χ0v) is 24.3. The fourth-order valence-electron chi connectivity index (χ4n) is 5.27. The number of hydrogen-bond donors (Lipinski definition) is 0. The van der Waals surface area contributed by atoms with Crippen molar-refractivity contribution in [3.05, 3.63) is 110 Å². The van der Waals surface area contributed by atoms with Crippen LogP contribution in [0.25, 0.3) is 16.9 Å². The van der Waals surface area contributed by atoms with Crippen LogP contribution in [0.1, 0.15) is 26.4 Å². The summed E-state index contributed by atoms with van der Waals surface area (Å²) in [7, 11) is 3.18. The number of rotatable bonds is 8. The van der Waals surface area contributed by atoms with E-state index in [-0.39, 0.29) is 37.6 Å². The molecule has 0 unspecified atom stereocenters. The first-order valence-electron chi connectivity index (χ1n) is 13.6. The molecule has 3 aromatic carbocycles. The van der Waals surface area contributed by atoms with E-state index >= 15 is 0 Å². The van der Waals surface area contributed by atoms with Crippen molar-refractivity contribution in [3.63, 3.8) is 0 Å². The number of methoxy groups -OCH3 is 2. The lowest BCUT2D eigenvalue weighted by Gasteiger charge is -2.34. The molecule has 44 heavy (non-hydrogen) atoms. The van der Waals surface area contributed by atoms with Gasteiger partial charge in [0.1, 0.15) is 11.5 Å². The molecule has 1 aliphatic rings. The summed E-state index contributed by atoms with van der Waals surface area (Å²) in [5.41, 5.74) is 2.46. The van der Waals surface area contributed by atoms with Gasteiger partial charge in [-0.1, -0.05) is 6.07 Å². The van der Waals surface area contributed by atoms with Crippen LogP contribution in [0.5, 0.6) is 11.5 Å². The lowest BCUT2D eigenvalue weighted by Crippen LogP contribution is -2.50. The number of amides is 2. The summed E-state index contributed by atoms with van der Waals surface area (Å²) in [4.78, 5) is 51.1. The Labute approximate surface area is 252 Å². The molecule has 0 saturated carbocycles. The van der Waals surface area contributed by atoms with Gasteiger partial charge in [-0.05, 0) is 55.0 Å². The zero-order valence-electron chi connectivity index (χ0n) is 24.3. The number of carbonyl (C=O) groups excluding carboxylic acids is 2. The smallest absolute Gasteiger partial charge is 0.277 e. The van der Waals surface area contributed by atoms with Crippen molar-refractivity contribution in [2.45, 2.75) is 6.92 Å². The maximum Gasteiger partial charge on any atom is 0.277 e. The summed E-state index contributed by atoms with van der Waals surface area (Å²) in [5.74, 6) is 0.579. The third-order valence-electron chi connectivity index (χ3n) is 7.60. The van der Waals surface area contributed by atoms with Crippen LogP contribution in [0.4, 0.5) is 11.4 Å². The number of aromatic nitrogens is 1. The van der Waals surface area contributed by atoms with Crippen molar-refractivity contribution in [1.29, 1.82) is 0 Å². The van der Waals surface area contributed by atoms with E-state index in [9.17, 15) is 29.8 Å². The van der Waals surface area contributed by atoms with E-state index in [0.29, 0.717) is 17.1 Å². The van der Waals surface area contributed by atoms with E-state index in [0.717, 1.165) is 40.8 Å². The third kappa shape index (κ3) is 5.79. The van der Waals surface area contributed by atoms with Crippen LogP contribution in [0.15, 0.2) is 72.8 Å². The van der Waals surface area contributed by atoms with Crippen LogP contribution in [0, 0.1) is 27.2 Å². The van der Waals surface area contributed by atoms with Crippen LogP contribution in [0.2, 0.25) is 0 Å². The Balaban J connectivity index is 1.41. The fourth-order valence-corrected chi connectivity index (χ4v) is 5.27. The van der Waals surface area contributed by atoms with E-state index in [2.05, 4.69) is 0 Å². The highest BCUT2D eigenvalue weighted by atomic mass is 16.6. The summed E-state index contributed by atoms with van der Waals surface area (Å²) in [5, 5.41) is 22.6. The maximum absolute atomic E-state index is 13.9. The number of nitrogens with zero attached hydrogens (tertiary/aromatic N) is 5. The van der Waals surface area contributed by atoms with Gasteiger partial charge in [0.2, 0.25) is 0 Å². The largest absolute Gasteiger partial charge is 0.497 e. The second-order valence-electron chi connectivity index (χ2n) is 10.1. The molecule has 13 nitrogen and oxygen atoms in total. The molecule has 1 aromatic heterocycles. The average molecular weight is 600 g/mol. The summed E-state index contributed by atoms with van der Waals surface area (Å²) in [6.07, 6.45) is 0. The Hall–Kier alpha value is -5.72. The minimum atomic E-state index is -0.777. The number of carbonyl (C=O) groups is 2. The molecule has 1 saturated heterocycles. The molecule has 2 heterocycles. The van der Waals surface area contributed by atoms with Gasteiger partial charge in [-0.2, -0.15) is 0 Å². The molecule has 226 valence electrons. The zero-order chi connectivity index (χ0) is 31.5. The molecule has 0 aliphatic carbocycles. The molecule has 0 radical (unpaired) electrons. The van der Waals surface area contributed by atoms with E-state index in [1.807, 2.05) is 66.1 Å². The van der Waals surface area contributed by atoms with Gasteiger partial charge >= 0.3 is 0 Å². The molecular formula is C31H29N5O8. The summed E-state index contributed by atoms with van der Waals surface area (Å²) < 4.78 is 12.7. The second kappa shape index (κ2) is 12.3. The number of benzene rings is 3. The first-order chi connectivity index (χ1) is 21.1. The Bertz CT molecular complexity index is 1730. The molecular weight excluding hydrogens is 570 g/mol. The first-order valence-corrected chi connectivity index (χ1v) is 13.6. The lowest BCUT2D eigenvalue weighted by atomic mass is 10.1. The van der Waals surface area contributed by atoms with E-state index in [1.54, 1.807) is 19.1 Å². The van der Waals surface area contributed by atoms with Crippen molar-refractivity contribution in [1.82, 2.24) is 14.4 Å².